The maximum atomic E-state index is 12.7. The van der Waals surface area contributed by atoms with Gasteiger partial charge in [0.1, 0.15) is 17.9 Å². The largest absolute Gasteiger partial charge is 0.480 e. The lowest BCUT2D eigenvalue weighted by molar-refractivity contribution is -0.140. The van der Waals surface area contributed by atoms with Gasteiger partial charge in [0.05, 0.1) is 16.9 Å². The number of nitrogens with zero attached hydrogens (tertiary/aromatic N) is 5. The van der Waals surface area contributed by atoms with Gasteiger partial charge in [-0.25, -0.2) is 19.3 Å². The van der Waals surface area contributed by atoms with Crippen LogP contribution in [0.1, 0.15) is 25.8 Å². The first-order valence-electron chi connectivity index (χ1n) is 9.22. The molecule has 158 valence electrons. The van der Waals surface area contributed by atoms with E-state index in [-0.39, 0.29) is 22.5 Å². The van der Waals surface area contributed by atoms with Crippen molar-refractivity contribution in [3.05, 3.63) is 40.2 Å². The zero-order valence-corrected chi connectivity index (χ0v) is 16.6. The van der Waals surface area contributed by atoms with Crippen molar-refractivity contribution < 1.29 is 20.1 Å². The molecule has 3 aromatic heterocycles. The fourth-order valence-corrected chi connectivity index (χ4v) is 3.57. The number of nitrogens with one attached hydrogen (secondary N) is 1. The quantitative estimate of drug-likeness (QED) is 0.411. The fourth-order valence-electron chi connectivity index (χ4n) is 3.37. The van der Waals surface area contributed by atoms with Gasteiger partial charge in [-0.1, -0.05) is 11.6 Å². The smallest absolute Gasteiger partial charge is 0.326 e. The highest BCUT2D eigenvalue weighted by Crippen LogP contribution is 2.32. The van der Waals surface area contributed by atoms with Gasteiger partial charge in [-0.2, -0.15) is 5.10 Å². The van der Waals surface area contributed by atoms with Crippen LogP contribution in [0.5, 0.6) is 0 Å². The molecule has 0 saturated heterocycles. The average molecular weight is 435 g/mol. The molecule has 0 bridgehead atoms. The number of carbonyl (C=O) groups is 1. The first-order valence-corrected chi connectivity index (χ1v) is 9.60. The van der Waals surface area contributed by atoms with Gasteiger partial charge in [0, 0.05) is 23.7 Å². The van der Waals surface area contributed by atoms with Crippen molar-refractivity contribution in [1.82, 2.24) is 24.1 Å². The highest BCUT2D eigenvalue weighted by Gasteiger charge is 2.34. The van der Waals surface area contributed by atoms with Gasteiger partial charge in [0.2, 0.25) is 5.95 Å². The molecule has 11 nitrogen and oxygen atoms in total. The molecule has 30 heavy (non-hydrogen) atoms. The second-order valence-corrected chi connectivity index (χ2v) is 7.70. The summed E-state index contributed by atoms with van der Waals surface area (Å²) in [6.07, 6.45) is 4.02. The van der Waals surface area contributed by atoms with Crippen LogP contribution in [0.25, 0.3) is 16.8 Å². The number of aromatic nitrogens is 5. The predicted molar refractivity (Wildman–Crippen MR) is 106 cm³/mol. The monoisotopic (exact) mass is 434 g/mol. The second-order valence-electron chi connectivity index (χ2n) is 7.29. The third-order valence-corrected chi connectivity index (χ3v) is 5.55. The van der Waals surface area contributed by atoms with Crippen molar-refractivity contribution in [2.24, 2.45) is 5.92 Å². The molecule has 0 spiro atoms. The van der Waals surface area contributed by atoms with E-state index < -0.39 is 23.9 Å². The number of hydrogen-bond acceptors (Lipinski definition) is 8. The topological polar surface area (TPSA) is 155 Å². The average Bonchev–Trinajstić information content (AvgIpc) is 3.10. The van der Waals surface area contributed by atoms with Gasteiger partial charge in [-0.05, 0) is 25.8 Å². The second kappa shape index (κ2) is 7.67. The standard InChI is InChI=1S/C18H19ClN6O5/c1-8(16(27)28)24-7-21-25-6-10(4-13(25)15(24)26)14-12(19)5-20-18(23-14)22-11-2-9(3-11)17(29)30/h4-9,11,17,29-30H,2-3H2,1H3,(H,27,28)(H,20,22,23). The molecule has 1 atom stereocenters. The Bertz CT molecular complexity index is 1170. The summed E-state index contributed by atoms with van der Waals surface area (Å²) in [6, 6.07) is 0.501. The molecule has 0 radical (unpaired) electrons. The lowest BCUT2D eigenvalue weighted by Crippen LogP contribution is -2.41. The first kappa shape index (κ1) is 20.3. The fraction of sp³-hybridized carbons (Fsp3) is 0.389. The van der Waals surface area contributed by atoms with Crippen LogP contribution < -0.4 is 10.9 Å². The van der Waals surface area contributed by atoms with Gasteiger partial charge in [-0.15, -0.1) is 0 Å². The molecule has 1 saturated carbocycles. The van der Waals surface area contributed by atoms with Crippen LogP contribution in [0.15, 0.2) is 29.6 Å². The third kappa shape index (κ3) is 3.62. The zero-order valence-electron chi connectivity index (χ0n) is 15.8. The van der Waals surface area contributed by atoms with Gasteiger partial charge in [-0.3, -0.25) is 9.36 Å². The molecule has 0 aromatic carbocycles. The summed E-state index contributed by atoms with van der Waals surface area (Å²) in [5, 5.41) is 35.0. The number of anilines is 1. The number of carboxylic acids is 1. The summed E-state index contributed by atoms with van der Waals surface area (Å²) in [5.74, 6) is -0.991. The Hall–Kier alpha value is -3.02. The molecule has 0 amide bonds. The van der Waals surface area contributed by atoms with E-state index >= 15 is 0 Å². The summed E-state index contributed by atoms with van der Waals surface area (Å²) in [5.41, 5.74) is 0.587. The molecule has 4 N–H and O–H groups in total. The van der Waals surface area contributed by atoms with Gasteiger partial charge >= 0.3 is 5.97 Å². The Balaban J connectivity index is 1.64. The number of aliphatic carboxylic acids is 1. The molecule has 1 aliphatic carbocycles. The SMILES string of the molecule is CC(C(=O)O)n1cnn2cc(-c3nc(NC4CC(C(O)O)C4)ncc3Cl)cc2c1=O. The number of hydrogen-bond donors (Lipinski definition) is 4. The minimum absolute atomic E-state index is 0.0188. The summed E-state index contributed by atoms with van der Waals surface area (Å²) < 4.78 is 2.38. The Morgan fingerprint density at radius 1 is 1.37 bits per heavy atom. The normalized spacial score (nSPS) is 19.6. The van der Waals surface area contributed by atoms with Crippen LogP contribution in [0.4, 0.5) is 5.95 Å². The van der Waals surface area contributed by atoms with Crippen molar-refractivity contribution in [2.45, 2.75) is 38.1 Å². The van der Waals surface area contributed by atoms with E-state index in [9.17, 15) is 19.8 Å². The molecular formula is C18H19ClN6O5. The van der Waals surface area contributed by atoms with E-state index in [4.69, 9.17) is 16.7 Å². The summed E-state index contributed by atoms with van der Waals surface area (Å²) in [7, 11) is 0. The number of carboxylic acid groups (broad SMARTS) is 1. The Morgan fingerprint density at radius 2 is 2.10 bits per heavy atom. The molecule has 12 heteroatoms. The zero-order chi connectivity index (χ0) is 21.6. The van der Waals surface area contributed by atoms with E-state index in [1.165, 1.54) is 24.0 Å². The van der Waals surface area contributed by atoms with Crippen molar-refractivity contribution >= 4 is 29.0 Å². The van der Waals surface area contributed by atoms with Crippen LogP contribution in [0, 0.1) is 5.92 Å². The number of aliphatic hydroxyl groups excluding tert-OH is 1. The number of rotatable bonds is 6. The van der Waals surface area contributed by atoms with E-state index in [0.717, 1.165) is 4.57 Å². The molecular weight excluding hydrogens is 416 g/mol. The van der Waals surface area contributed by atoms with Gasteiger partial charge in [0.25, 0.3) is 5.56 Å². The summed E-state index contributed by atoms with van der Waals surface area (Å²) in [4.78, 5) is 32.5. The van der Waals surface area contributed by atoms with Crippen LogP contribution in [0.2, 0.25) is 5.02 Å². The van der Waals surface area contributed by atoms with Crippen molar-refractivity contribution in [1.29, 1.82) is 0 Å². The highest BCUT2D eigenvalue weighted by atomic mass is 35.5. The Morgan fingerprint density at radius 3 is 2.77 bits per heavy atom. The van der Waals surface area contributed by atoms with E-state index in [1.54, 1.807) is 12.3 Å². The van der Waals surface area contributed by atoms with E-state index in [1.807, 2.05) is 0 Å². The van der Waals surface area contributed by atoms with Gasteiger partial charge < -0.3 is 20.6 Å². The molecule has 4 rings (SSSR count). The van der Waals surface area contributed by atoms with Crippen LogP contribution in [0.3, 0.4) is 0 Å². The number of aliphatic hydroxyl groups is 2. The maximum Gasteiger partial charge on any atom is 0.326 e. The van der Waals surface area contributed by atoms with Crippen LogP contribution in [-0.4, -0.2) is 57.8 Å². The summed E-state index contributed by atoms with van der Waals surface area (Å²) in [6.45, 7) is 1.39. The third-order valence-electron chi connectivity index (χ3n) is 5.28. The molecule has 1 unspecified atom stereocenters. The van der Waals surface area contributed by atoms with Crippen molar-refractivity contribution in [3.8, 4) is 11.3 Å². The van der Waals surface area contributed by atoms with Gasteiger partial charge in [0.15, 0.2) is 6.29 Å². The lowest BCUT2D eigenvalue weighted by atomic mass is 9.80. The molecule has 3 aromatic rings. The van der Waals surface area contributed by atoms with Crippen molar-refractivity contribution in [2.75, 3.05) is 5.32 Å². The first-order chi connectivity index (χ1) is 14.2. The minimum Gasteiger partial charge on any atom is -0.480 e. The Kier molecular flexibility index (Phi) is 5.18. The Labute approximate surface area is 174 Å². The lowest BCUT2D eigenvalue weighted by Gasteiger charge is -2.36. The maximum absolute atomic E-state index is 12.7. The number of fused-ring (bicyclic) bond motifs is 1. The van der Waals surface area contributed by atoms with Crippen LogP contribution >= 0.6 is 11.6 Å². The summed E-state index contributed by atoms with van der Waals surface area (Å²) >= 11 is 6.26. The molecule has 1 aliphatic rings. The van der Waals surface area contributed by atoms with Crippen LogP contribution in [-0.2, 0) is 4.79 Å². The van der Waals surface area contributed by atoms with E-state index in [2.05, 4.69) is 20.4 Å². The minimum atomic E-state index is -1.33. The van der Waals surface area contributed by atoms with Crippen molar-refractivity contribution in [3.63, 3.8) is 0 Å². The highest BCUT2D eigenvalue weighted by molar-refractivity contribution is 6.32. The molecule has 1 fully saturated rings. The predicted octanol–water partition coefficient (Wildman–Crippen LogP) is 0.753. The molecule has 0 aliphatic heterocycles. The van der Waals surface area contributed by atoms with E-state index in [0.29, 0.717) is 30.0 Å². The molecule has 3 heterocycles. The number of halogens is 1.